The Bertz CT molecular complexity index is 950. The second-order valence-corrected chi connectivity index (χ2v) is 6.73. The molecule has 0 spiro atoms. The average Bonchev–Trinajstić information content (AvgIpc) is 2.72. The molecule has 0 unspecified atom stereocenters. The van der Waals surface area contributed by atoms with Gasteiger partial charge in [0.05, 0.1) is 24.2 Å². The van der Waals surface area contributed by atoms with E-state index < -0.39 is 6.04 Å². The van der Waals surface area contributed by atoms with Crippen molar-refractivity contribution in [2.45, 2.75) is 26.8 Å². The lowest BCUT2D eigenvalue weighted by Crippen LogP contribution is -2.45. The monoisotopic (exact) mass is 407 g/mol. The molecular formula is C22H25N5O3. The number of nitriles is 1. The lowest BCUT2D eigenvalue weighted by atomic mass is 10.2. The molecule has 3 amide bonds. The van der Waals surface area contributed by atoms with E-state index in [1.165, 1.54) is 6.92 Å². The van der Waals surface area contributed by atoms with E-state index >= 15 is 0 Å². The summed E-state index contributed by atoms with van der Waals surface area (Å²) in [6, 6.07) is 14.9. The number of nitrogens with one attached hydrogen (secondary N) is 3. The summed E-state index contributed by atoms with van der Waals surface area (Å²) < 4.78 is 0. The number of amides is 3. The van der Waals surface area contributed by atoms with Crippen LogP contribution in [0.1, 0.15) is 26.3 Å². The fraction of sp³-hybridized carbons (Fsp3) is 0.273. The van der Waals surface area contributed by atoms with Crippen LogP contribution in [0.3, 0.4) is 0 Å². The highest BCUT2D eigenvalue weighted by atomic mass is 16.2. The number of hydrogen-bond donors (Lipinski definition) is 3. The van der Waals surface area contributed by atoms with Gasteiger partial charge in [-0.25, -0.2) is 0 Å². The molecule has 8 heteroatoms. The van der Waals surface area contributed by atoms with Crippen LogP contribution in [0.15, 0.2) is 48.5 Å². The van der Waals surface area contributed by atoms with Crippen molar-refractivity contribution in [2.24, 2.45) is 0 Å². The average molecular weight is 407 g/mol. The number of rotatable bonds is 8. The zero-order valence-corrected chi connectivity index (χ0v) is 17.2. The van der Waals surface area contributed by atoms with Crippen LogP contribution in [0.25, 0.3) is 0 Å². The molecule has 0 aliphatic carbocycles. The molecule has 2 rings (SSSR count). The van der Waals surface area contributed by atoms with Gasteiger partial charge in [-0.15, -0.1) is 0 Å². The Hall–Kier alpha value is -3.70. The predicted octanol–water partition coefficient (Wildman–Crippen LogP) is 2.80. The molecule has 0 aromatic heterocycles. The van der Waals surface area contributed by atoms with Gasteiger partial charge in [0.2, 0.25) is 17.7 Å². The van der Waals surface area contributed by atoms with Crippen LogP contribution < -0.4 is 16.0 Å². The van der Waals surface area contributed by atoms with Gasteiger partial charge in [-0.1, -0.05) is 13.0 Å². The minimum Gasteiger partial charge on any atom is -0.326 e. The van der Waals surface area contributed by atoms with E-state index in [-0.39, 0.29) is 24.3 Å². The molecular weight excluding hydrogens is 382 g/mol. The molecule has 0 bridgehead atoms. The zero-order valence-electron chi connectivity index (χ0n) is 17.2. The largest absolute Gasteiger partial charge is 0.326 e. The first-order valence-electron chi connectivity index (χ1n) is 9.55. The number of anilines is 3. The molecule has 0 saturated heterocycles. The van der Waals surface area contributed by atoms with Gasteiger partial charge in [0.25, 0.3) is 0 Å². The van der Waals surface area contributed by atoms with Gasteiger partial charge >= 0.3 is 0 Å². The third-order valence-corrected chi connectivity index (χ3v) is 4.43. The predicted molar refractivity (Wildman–Crippen MR) is 116 cm³/mol. The summed E-state index contributed by atoms with van der Waals surface area (Å²) in [7, 11) is 0. The molecule has 0 radical (unpaired) electrons. The van der Waals surface area contributed by atoms with Gasteiger partial charge in [0, 0.05) is 24.0 Å². The number of carbonyl (C=O) groups excluding carboxylic acids is 3. The quantitative estimate of drug-likeness (QED) is 0.623. The van der Waals surface area contributed by atoms with Gasteiger partial charge in [-0.2, -0.15) is 5.26 Å². The summed E-state index contributed by atoms with van der Waals surface area (Å²) in [4.78, 5) is 37.8. The van der Waals surface area contributed by atoms with Gasteiger partial charge in [-0.3, -0.25) is 19.3 Å². The number of likely N-dealkylation sites (N-methyl/N-ethyl adjacent to an activating group) is 1. The summed E-state index contributed by atoms with van der Waals surface area (Å²) in [5.74, 6) is -0.688. The van der Waals surface area contributed by atoms with Crippen LogP contribution in [-0.2, 0) is 14.4 Å². The second-order valence-electron chi connectivity index (χ2n) is 6.73. The molecule has 0 fully saturated rings. The lowest BCUT2D eigenvalue weighted by molar-refractivity contribution is -0.123. The maximum Gasteiger partial charge on any atom is 0.241 e. The fourth-order valence-electron chi connectivity index (χ4n) is 2.83. The molecule has 0 aliphatic rings. The van der Waals surface area contributed by atoms with E-state index in [1.54, 1.807) is 60.4 Å². The molecule has 3 N–H and O–H groups in total. The standard InChI is InChI=1S/C22H25N5O3/c1-4-27(15(2)22(30)26-20-7-5-6-17(12-20)13-23)14-21(29)25-19-10-8-18(9-11-19)24-16(3)28/h5-12,15H,4,14H2,1-3H3,(H,24,28)(H,25,29)(H,26,30)/t15-/m1/s1. The Balaban J connectivity index is 1.94. The summed E-state index contributed by atoms with van der Waals surface area (Å²) in [5.41, 5.74) is 2.22. The Morgan fingerprint density at radius 1 is 1.00 bits per heavy atom. The van der Waals surface area contributed by atoms with Crippen molar-refractivity contribution in [3.63, 3.8) is 0 Å². The van der Waals surface area contributed by atoms with E-state index in [1.807, 2.05) is 13.0 Å². The Morgan fingerprint density at radius 3 is 2.20 bits per heavy atom. The molecule has 30 heavy (non-hydrogen) atoms. The first-order chi connectivity index (χ1) is 14.3. The van der Waals surface area contributed by atoms with Crippen molar-refractivity contribution in [2.75, 3.05) is 29.0 Å². The minimum atomic E-state index is -0.548. The van der Waals surface area contributed by atoms with Crippen LogP contribution in [-0.4, -0.2) is 41.8 Å². The van der Waals surface area contributed by atoms with Crippen LogP contribution in [0.4, 0.5) is 17.1 Å². The van der Waals surface area contributed by atoms with Crippen molar-refractivity contribution in [3.05, 3.63) is 54.1 Å². The van der Waals surface area contributed by atoms with Gasteiger partial charge < -0.3 is 16.0 Å². The van der Waals surface area contributed by atoms with Gasteiger partial charge in [0.1, 0.15) is 0 Å². The van der Waals surface area contributed by atoms with E-state index in [2.05, 4.69) is 16.0 Å². The van der Waals surface area contributed by atoms with Crippen molar-refractivity contribution in [1.29, 1.82) is 5.26 Å². The van der Waals surface area contributed by atoms with Crippen molar-refractivity contribution >= 4 is 34.8 Å². The third-order valence-electron chi connectivity index (χ3n) is 4.43. The SMILES string of the molecule is CCN(CC(=O)Nc1ccc(NC(C)=O)cc1)[C@H](C)C(=O)Nc1cccc(C#N)c1. The van der Waals surface area contributed by atoms with E-state index in [0.717, 1.165) is 0 Å². The first kappa shape index (κ1) is 22.6. The van der Waals surface area contributed by atoms with Gasteiger partial charge in [-0.05, 0) is 55.9 Å². The number of hydrogen-bond acceptors (Lipinski definition) is 5. The maximum atomic E-state index is 12.6. The molecule has 8 nitrogen and oxygen atoms in total. The second kappa shape index (κ2) is 10.7. The maximum absolute atomic E-state index is 12.6. The van der Waals surface area contributed by atoms with Gasteiger partial charge in [0.15, 0.2) is 0 Å². The van der Waals surface area contributed by atoms with Crippen LogP contribution >= 0.6 is 0 Å². The molecule has 0 saturated carbocycles. The third kappa shape index (κ3) is 6.72. The molecule has 2 aromatic rings. The highest BCUT2D eigenvalue weighted by Crippen LogP contribution is 2.14. The summed E-state index contributed by atoms with van der Waals surface area (Å²) in [5, 5.41) is 17.2. The number of carbonyl (C=O) groups is 3. The van der Waals surface area contributed by atoms with E-state index in [4.69, 9.17) is 5.26 Å². The molecule has 2 aromatic carbocycles. The minimum absolute atomic E-state index is 0.0385. The van der Waals surface area contributed by atoms with E-state index in [9.17, 15) is 14.4 Å². The van der Waals surface area contributed by atoms with Crippen LogP contribution in [0, 0.1) is 11.3 Å². The molecule has 0 heterocycles. The number of benzene rings is 2. The summed E-state index contributed by atoms with van der Waals surface area (Å²) in [6.07, 6.45) is 0. The summed E-state index contributed by atoms with van der Waals surface area (Å²) in [6.45, 7) is 5.56. The molecule has 0 aliphatic heterocycles. The first-order valence-corrected chi connectivity index (χ1v) is 9.55. The number of nitrogens with zero attached hydrogens (tertiary/aromatic N) is 2. The summed E-state index contributed by atoms with van der Waals surface area (Å²) >= 11 is 0. The molecule has 156 valence electrons. The highest BCUT2D eigenvalue weighted by molar-refractivity contribution is 5.96. The van der Waals surface area contributed by atoms with Crippen LogP contribution in [0.2, 0.25) is 0 Å². The fourth-order valence-corrected chi connectivity index (χ4v) is 2.83. The topological polar surface area (TPSA) is 114 Å². The zero-order chi connectivity index (χ0) is 22.1. The Kier molecular flexibility index (Phi) is 8.08. The normalized spacial score (nSPS) is 11.3. The van der Waals surface area contributed by atoms with Crippen molar-refractivity contribution in [3.8, 4) is 6.07 Å². The Labute approximate surface area is 175 Å². The highest BCUT2D eigenvalue weighted by Gasteiger charge is 2.22. The smallest absolute Gasteiger partial charge is 0.241 e. The van der Waals surface area contributed by atoms with Crippen molar-refractivity contribution in [1.82, 2.24) is 4.90 Å². The molecule has 1 atom stereocenters. The van der Waals surface area contributed by atoms with Crippen molar-refractivity contribution < 1.29 is 14.4 Å². The Morgan fingerprint density at radius 2 is 1.63 bits per heavy atom. The van der Waals surface area contributed by atoms with Crippen LogP contribution in [0.5, 0.6) is 0 Å². The van der Waals surface area contributed by atoms with E-state index in [0.29, 0.717) is 29.2 Å². The lowest BCUT2D eigenvalue weighted by Gasteiger charge is -2.26.